The summed E-state index contributed by atoms with van der Waals surface area (Å²) in [4.78, 5) is 25.4. The number of carbonyl (C=O) groups excluding carboxylic acids is 2. The van der Waals surface area contributed by atoms with E-state index in [-0.39, 0.29) is 17.6 Å². The number of aliphatic hydroxyl groups excluding tert-OH is 4. The highest BCUT2D eigenvalue weighted by molar-refractivity contribution is 5.91. The summed E-state index contributed by atoms with van der Waals surface area (Å²) < 4.78 is 33.0. The van der Waals surface area contributed by atoms with Gasteiger partial charge in [0.2, 0.25) is 0 Å². The van der Waals surface area contributed by atoms with Crippen LogP contribution >= 0.6 is 0 Å². The summed E-state index contributed by atoms with van der Waals surface area (Å²) in [5, 5.41) is 52.0. The second kappa shape index (κ2) is 12.4. The van der Waals surface area contributed by atoms with Crippen LogP contribution in [-0.2, 0) is 38.0 Å². The Morgan fingerprint density at radius 1 is 1.05 bits per heavy atom. The number of fused-ring (bicyclic) bond motifs is 1. The van der Waals surface area contributed by atoms with Gasteiger partial charge in [-0.1, -0.05) is 30.3 Å². The molecule has 10 atom stereocenters. The Morgan fingerprint density at radius 3 is 2.38 bits per heavy atom. The quantitative estimate of drug-likeness (QED) is 0.190. The molecule has 40 heavy (non-hydrogen) atoms. The van der Waals surface area contributed by atoms with Gasteiger partial charge in [-0.2, -0.15) is 0 Å². The lowest BCUT2D eigenvalue weighted by Gasteiger charge is -2.45. The van der Waals surface area contributed by atoms with Gasteiger partial charge in [-0.25, -0.2) is 9.59 Å². The summed E-state index contributed by atoms with van der Waals surface area (Å²) in [5.74, 6) is -2.70. The van der Waals surface area contributed by atoms with E-state index in [0.29, 0.717) is 0 Å². The van der Waals surface area contributed by atoms with Gasteiger partial charge < -0.3 is 54.0 Å². The molecule has 0 bridgehead atoms. The standard InChI is InChI=1S/C27H34O13/c1-27(34)16(38-17(29)10-9-13-7-5-4-6-8-13)11-14-18(23(33)35-2)24(36-3)39-25(19(14)27)40-26-22(32)21(31)20(30)15(12-28)37-26/h4-10,15-16,19-22,24-26,28,30-32,34H,11-12H2,1-3H3/b10-9+/t15-,16+,19-,20-,21+,22-,24+,25+,26+,27+/m1/s1. The van der Waals surface area contributed by atoms with Crippen LogP contribution in [0.15, 0.2) is 47.6 Å². The molecule has 0 aromatic heterocycles. The van der Waals surface area contributed by atoms with Gasteiger partial charge in [-0.05, 0) is 24.1 Å². The van der Waals surface area contributed by atoms with Crippen molar-refractivity contribution in [1.82, 2.24) is 0 Å². The largest absolute Gasteiger partial charge is 0.466 e. The molecule has 2 fully saturated rings. The normalized spacial score (nSPS) is 37.9. The lowest BCUT2D eigenvalue weighted by Crippen LogP contribution is -2.61. The van der Waals surface area contributed by atoms with Gasteiger partial charge in [0, 0.05) is 19.6 Å². The number of aliphatic hydroxyl groups is 5. The van der Waals surface area contributed by atoms with Gasteiger partial charge in [0.25, 0.3) is 0 Å². The number of carbonyl (C=O) groups is 2. The molecule has 2 heterocycles. The molecule has 1 saturated heterocycles. The van der Waals surface area contributed by atoms with Gasteiger partial charge in [0.1, 0.15) is 36.1 Å². The number of hydrogen-bond donors (Lipinski definition) is 5. The molecule has 4 rings (SSSR count). The van der Waals surface area contributed by atoms with Crippen LogP contribution in [-0.4, -0.2) is 113 Å². The highest BCUT2D eigenvalue weighted by Crippen LogP contribution is 2.50. The second-order valence-electron chi connectivity index (χ2n) is 9.91. The van der Waals surface area contributed by atoms with Crippen LogP contribution in [0.2, 0.25) is 0 Å². The van der Waals surface area contributed by atoms with Crippen molar-refractivity contribution >= 4 is 18.0 Å². The first-order chi connectivity index (χ1) is 19.0. The number of methoxy groups -OCH3 is 2. The van der Waals surface area contributed by atoms with E-state index in [9.17, 15) is 35.1 Å². The second-order valence-corrected chi connectivity index (χ2v) is 9.91. The maximum absolute atomic E-state index is 12.8. The summed E-state index contributed by atoms with van der Waals surface area (Å²) in [6, 6.07) is 9.03. The summed E-state index contributed by atoms with van der Waals surface area (Å²) >= 11 is 0. The molecule has 1 aromatic rings. The predicted octanol–water partition coefficient (Wildman–Crippen LogP) is -1.00. The molecule has 5 N–H and O–H groups in total. The minimum absolute atomic E-state index is 0.0534. The first kappa shape index (κ1) is 30.2. The van der Waals surface area contributed by atoms with Gasteiger partial charge in [-0.15, -0.1) is 0 Å². The third kappa shape index (κ3) is 5.84. The van der Waals surface area contributed by atoms with E-state index in [4.69, 9.17) is 28.4 Å². The Kier molecular flexibility index (Phi) is 9.40. The zero-order chi connectivity index (χ0) is 29.2. The van der Waals surface area contributed by atoms with Crippen molar-refractivity contribution in [2.45, 2.75) is 68.3 Å². The Hall–Kier alpha value is -2.72. The number of benzene rings is 1. The van der Waals surface area contributed by atoms with E-state index >= 15 is 0 Å². The van der Waals surface area contributed by atoms with Crippen molar-refractivity contribution in [2.24, 2.45) is 5.92 Å². The fraction of sp³-hybridized carbons (Fsp3) is 0.556. The fourth-order valence-corrected chi connectivity index (χ4v) is 5.23. The average molecular weight is 567 g/mol. The van der Waals surface area contributed by atoms with Crippen LogP contribution in [0.1, 0.15) is 18.9 Å². The van der Waals surface area contributed by atoms with Crippen LogP contribution in [0, 0.1) is 5.92 Å². The summed E-state index contributed by atoms with van der Waals surface area (Å²) in [6.07, 6.45) is -9.32. The zero-order valence-corrected chi connectivity index (χ0v) is 22.2. The third-order valence-corrected chi connectivity index (χ3v) is 7.38. The SMILES string of the molecule is COC(=O)C1=C2C[C@H](OC(=O)/C=C/c3ccccc3)[C@](C)(O)[C@H]2[C@H](O[C@@H]2O[C@H](CO)[C@@H](O)[C@H](O)[C@H]2O)O[C@@H]1OC. The smallest absolute Gasteiger partial charge is 0.338 e. The van der Waals surface area contributed by atoms with Gasteiger partial charge >= 0.3 is 11.9 Å². The molecule has 1 saturated carbocycles. The van der Waals surface area contributed by atoms with E-state index in [1.807, 2.05) is 6.07 Å². The average Bonchev–Trinajstić information content (AvgIpc) is 3.21. The van der Waals surface area contributed by atoms with E-state index in [0.717, 1.165) is 12.7 Å². The highest BCUT2D eigenvalue weighted by Gasteiger charge is 2.60. The van der Waals surface area contributed by atoms with Gasteiger partial charge in [-0.3, -0.25) is 0 Å². The van der Waals surface area contributed by atoms with Crippen molar-refractivity contribution in [3.63, 3.8) is 0 Å². The summed E-state index contributed by atoms with van der Waals surface area (Å²) in [5.41, 5.74) is -0.898. The van der Waals surface area contributed by atoms with Crippen molar-refractivity contribution in [3.8, 4) is 0 Å². The lowest BCUT2D eigenvalue weighted by atomic mass is 9.85. The molecule has 13 heteroatoms. The fourth-order valence-electron chi connectivity index (χ4n) is 5.23. The van der Waals surface area contributed by atoms with Crippen molar-refractivity contribution in [3.05, 3.63) is 53.1 Å². The molecule has 220 valence electrons. The number of rotatable bonds is 8. The molecule has 1 aliphatic carbocycles. The molecular formula is C27H34O13. The maximum Gasteiger partial charge on any atom is 0.338 e. The molecule has 1 aromatic carbocycles. The van der Waals surface area contributed by atoms with Crippen LogP contribution in [0.3, 0.4) is 0 Å². The van der Waals surface area contributed by atoms with E-state index in [2.05, 4.69) is 0 Å². The van der Waals surface area contributed by atoms with Crippen LogP contribution in [0.25, 0.3) is 6.08 Å². The minimum Gasteiger partial charge on any atom is -0.466 e. The maximum atomic E-state index is 12.8. The number of hydrogen-bond acceptors (Lipinski definition) is 13. The first-order valence-corrected chi connectivity index (χ1v) is 12.6. The molecule has 13 nitrogen and oxygen atoms in total. The minimum atomic E-state index is -1.87. The lowest BCUT2D eigenvalue weighted by molar-refractivity contribution is -0.364. The summed E-state index contributed by atoms with van der Waals surface area (Å²) in [7, 11) is 2.42. The monoisotopic (exact) mass is 566 g/mol. The predicted molar refractivity (Wildman–Crippen MR) is 134 cm³/mol. The van der Waals surface area contributed by atoms with Crippen molar-refractivity contribution in [1.29, 1.82) is 0 Å². The van der Waals surface area contributed by atoms with Crippen molar-refractivity contribution in [2.75, 3.05) is 20.8 Å². The molecule has 2 aliphatic heterocycles. The van der Waals surface area contributed by atoms with Gasteiger partial charge in [0.05, 0.1) is 25.2 Å². The molecule has 0 spiro atoms. The third-order valence-electron chi connectivity index (χ3n) is 7.38. The van der Waals surface area contributed by atoms with Crippen LogP contribution in [0.5, 0.6) is 0 Å². The first-order valence-electron chi connectivity index (χ1n) is 12.6. The van der Waals surface area contributed by atoms with E-state index < -0.39 is 79.5 Å². The topological polar surface area (TPSA) is 191 Å². The number of ether oxygens (including phenoxy) is 6. The Balaban J connectivity index is 1.64. The molecule has 0 unspecified atom stereocenters. The van der Waals surface area contributed by atoms with Crippen LogP contribution < -0.4 is 0 Å². The Labute approximate surface area is 230 Å². The summed E-state index contributed by atoms with van der Waals surface area (Å²) in [6.45, 7) is 0.683. The molecular weight excluding hydrogens is 532 g/mol. The van der Waals surface area contributed by atoms with E-state index in [1.165, 1.54) is 20.1 Å². The van der Waals surface area contributed by atoms with E-state index in [1.54, 1.807) is 30.3 Å². The van der Waals surface area contributed by atoms with Gasteiger partial charge in [0.15, 0.2) is 18.9 Å². The molecule has 0 amide bonds. The zero-order valence-electron chi connectivity index (χ0n) is 22.2. The molecule has 3 aliphatic rings. The Morgan fingerprint density at radius 2 is 1.75 bits per heavy atom. The van der Waals surface area contributed by atoms with Crippen LogP contribution in [0.4, 0.5) is 0 Å². The van der Waals surface area contributed by atoms with Crippen molar-refractivity contribution < 1.29 is 63.5 Å². The Bertz CT molecular complexity index is 1110. The molecule has 0 radical (unpaired) electrons. The number of esters is 2. The highest BCUT2D eigenvalue weighted by atomic mass is 16.8.